The Morgan fingerprint density at radius 2 is 1.56 bits per heavy atom. The normalized spacial score (nSPS) is 17.2. The predicted molar refractivity (Wildman–Crippen MR) is 325 cm³/mol. The largest absolute Gasteiger partial charge is 0.490 e. The van der Waals surface area contributed by atoms with Gasteiger partial charge in [0, 0.05) is 83.7 Å². The number of imidazole rings is 1. The summed E-state index contributed by atoms with van der Waals surface area (Å²) in [5.74, 6) is -1.16. The fourth-order valence-corrected chi connectivity index (χ4v) is 14.2. The molecule has 2 aromatic heterocycles. The standard InChI is InChI=1S/C53H72N9O21P3S2/c1-7-55-39-24-41-37(21-32(39)3)47(38-22-33(4)40(56-8-2)25-42(38)80-41)35-10-9-34(23-36(35)52(65)66)51(64)57-12-14-75-16-18-77-20-19-76-17-15-74-13-11-45(63)58-28-53(5,6)88-87-31-78-43-26-46(62-30-61-48-49(54)59-29-60-50(48)62)81-44(43)27-79-85(70,71)83-86(72,73)82-84(67,68)69/h9-10,21-25,29-30,43-44,46,55H,7-8,11-20,26-28,31H2,1-6H3,(H,57,64)(H,58,63)(H,65,66)(H,70,71)(H,72,73)(H2,54,59,60)(H2,67,68,69)/t43-,44-,46-/m1/s1. The number of carbonyl (C=O) groups is 3. The lowest BCUT2D eigenvalue weighted by atomic mass is 9.88. The second kappa shape index (κ2) is 32.0. The van der Waals surface area contributed by atoms with Crippen LogP contribution in [0.3, 0.4) is 0 Å². The van der Waals surface area contributed by atoms with Gasteiger partial charge in [-0.25, -0.2) is 33.4 Å². The fourth-order valence-electron chi connectivity index (χ4n) is 9.02. The van der Waals surface area contributed by atoms with Crippen LogP contribution < -0.4 is 27.0 Å². The van der Waals surface area contributed by atoms with E-state index in [2.05, 4.69) is 44.5 Å². The molecule has 2 unspecified atom stereocenters. The second-order valence-electron chi connectivity index (χ2n) is 20.2. The molecule has 1 aliphatic carbocycles. The third kappa shape index (κ3) is 20.3. The monoisotopic (exact) mass is 1330 g/mol. The molecule has 482 valence electrons. The van der Waals surface area contributed by atoms with Crippen LogP contribution in [0, 0.1) is 13.8 Å². The van der Waals surface area contributed by atoms with Gasteiger partial charge in [-0.05, 0) is 82.5 Å². The zero-order chi connectivity index (χ0) is 63.8. The van der Waals surface area contributed by atoms with E-state index in [9.17, 15) is 43.0 Å². The van der Waals surface area contributed by atoms with Crippen molar-refractivity contribution in [1.82, 2.24) is 30.2 Å². The van der Waals surface area contributed by atoms with Crippen molar-refractivity contribution in [2.45, 2.75) is 77.6 Å². The number of nitrogen functional groups attached to an aromatic ring is 1. The quantitative estimate of drug-likeness (QED) is 0.00647. The number of fused-ring (bicyclic) bond motifs is 3. The van der Waals surface area contributed by atoms with Crippen molar-refractivity contribution in [3.05, 3.63) is 82.7 Å². The molecule has 2 amide bonds. The number of carbonyl (C=O) groups excluding carboxylic acids is 2. The lowest BCUT2D eigenvalue weighted by molar-refractivity contribution is -0.122. The van der Waals surface area contributed by atoms with Crippen molar-refractivity contribution in [1.29, 1.82) is 0 Å². The van der Waals surface area contributed by atoms with Gasteiger partial charge in [-0.2, -0.15) is 8.62 Å². The molecule has 0 bridgehead atoms. The molecular weight excluding hydrogens is 1260 g/mol. The Bertz CT molecular complexity index is 3590. The van der Waals surface area contributed by atoms with Crippen molar-refractivity contribution in [2.24, 2.45) is 4.99 Å². The highest BCUT2D eigenvalue weighted by atomic mass is 33.1. The molecule has 1 fully saturated rings. The number of amides is 2. The number of phosphoric acid groups is 3. The molecule has 2 aliphatic heterocycles. The first-order chi connectivity index (χ1) is 41.8. The number of hydrogen-bond acceptors (Lipinski definition) is 24. The Hall–Kier alpha value is -5.44. The maximum Gasteiger partial charge on any atom is 0.490 e. The van der Waals surface area contributed by atoms with Crippen LogP contribution in [0.25, 0.3) is 44.6 Å². The average molecular weight is 1330 g/mol. The molecule has 5 atom stereocenters. The first kappa shape index (κ1) is 70.0. The summed E-state index contributed by atoms with van der Waals surface area (Å²) in [6.45, 7) is 14.7. The van der Waals surface area contributed by atoms with Crippen molar-refractivity contribution in [2.75, 3.05) is 103 Å². The molecule has 0 spiro atoms. The Kier molecular flexibility index (Phi) is 25.5. The van der Waals surface area contributed by atoms with E-state index in [1.165, 1.54) is 44.9 Å². The summed E-state index contributed by atoms with van der Waals surface area (Å²) in [4.78, 5) is 93.1. The van der Waals surface area contributed by atoms with E-state index in [1.807, 2.05) is 65.8 Å². The molecule has 7 rings (SSSR count). The summed E-state index contributed by atoms with van der Waals surface area (Å²) in [5, 5.41) is 21.1. The number of carboxylic acids is 1. The molecule has 0 saturated carbocycles. The maximum atomic E-state index is 13.3. The van der Waals surface area contributed by atoms with E-state index in [-0.39, 0.29) is 99.9 Å². The van der Waals surface area contributed by atoms with Gasteiger partial charge in [-0.1, -0.05) is 27.7 Å². The van der Waals surface area contributed by atoms with Gasteiger partial charge in [-0.15, -0.1) is 0 Å². The van der Waals surface area contributed by atoms with Gasteiger partial charge in [0.15, 0.2) is 11.5 Å². The number of carboxylic acid groups (broad SMARTS) is 1. The maximum absolute atomic E-state index is 13.3. The van der Waals surface area contributed by atoms with E-state index in [0.29, 0.717) is 54.4 Å². The minimum absolute atomic E-state index is 0.0382. The number of ether oxygens (including phenoxy) is 6. The highest BCUT2D eigenvalue weighted by Gasteiger charge is 2.44. The van der Waals surface area contributed by atoms with E-state index < -0.39 is 65.1 Å². The van der Waals surface area contributed by atoms with E-state index in [4.69, 9.17) is 52.9 Å². The van der Waals surface area contributed by atoms with Crippen molar-refractivity contribution < 1.29 is 98.7 Å². The lowest BCUT2D eigenvalue weighted by Crippen LogP contribution is -2.36. The van der Waals surface area contributed by atoms with Crippen LogP contribution in [0.15, 0.2) is 64.5 Å². The third-order valence-electron chi connectivity index (χ3n) is 13.0. The lowest BCUT2D eigenvalue weighted by Gasteiger charge is -2.24. The highest BCUT2D eigenvalue weighted by Crippen LogP contribution is 2.66. The zero-order valence-corrected chi connectivity index (χ0v) is 53.3. The Morgan fingerprint density at radius 1 is 0.852 bits per heavy atom. The molecule has 4 aromatic rings. The molecule has 2 aromatic carbocycles. The molecular formula is C53H72N9O21P3S2. The van der Waals surface area contributed by atoms with Crippen molar-refractivity contribution in [3.8, 4) is 22.5 Å². The summed E-state index contributed by atoms with van der Waals surface area (Å²) >= 11 is 0. The van der Waals surface area contributed by atoms with Gasteiger partial charge in [0.2, 0.25) is 5.91 Å². The van der Waals surface area contributed by atoms with Gasteiger partial charge in [-0.3, -0.25) is 23.7 Å². The van der Waals surface area contributed by atoms with Crippen molar-refractivity contribution in [3.63, 3.8) is 0 Å². The van der Waals surface area contributed by atoms with Crippen LogP contribution in [0.1, 0.15) is 78.6 Å². The van der Waals surface area contributed by atoms with Crippen molar-refractivity contribution >= 4 is 96.5 Å². The van der Waals surface area contributed by atoms with Gasteiger partial charge in [0.25, 0.3) is 5.91 Å². The van der Waals surface area contributed by atoms with Crippen LogP contribution in [-0.4, -0.2) is 171 Å². The summed E-state index contributed by atoms with van der Waals surface area (Å²) < 4.78 is 89.9. The van der Waals surface area contributed by atoms with Gasteiger partial charge in [0.05, 0.1) is 82.8 Å². The van der Waals surface area contributed by atoms with Crippen LogP contribution in [0.2, 0.25) is 0 Å². The molecule has 10 N–H and O–H groups in total. The molecule has 88 heavy (non-hydrogen) atoms. The Balaban J connectivity index is 0.747. The summed E-state index contributed by atoms with van der Waals surface area (Å²) in [5.41, 5.74) is 11.9. The zero-order valence-electron chi connectivity index (χ0n) is 49.0. The number of hydrogen-bond donors (Lipinski definition) is 9. The topological polar surface area (TPSA) is 418 Å². The molecule has 1 saturated heterocycles. The van der Waals surface area contributed by atoms with Gasteiger partial charge >= 0.3 is 29.4 Å². The highest BCUT2D eigenvalue weighted by molar-refractivity contribution is 8.77. The van der Waals surface area contributed by atoms with Crippen LogP contribution in [-0.2, 0) is 60.1 Å². The van der Waals surface area contributed by atoms with Crippen LogP contribution >= 0.6 is 45.1 Å². The number of benzene rings is 3. The summed E-state index contributed by atoms with van der Waals surface area (Å²) in [7, 11) is -14.1. The second-order valence-corrected chi connectivity index (χ2v) is 27.6. The Morgan fingerprint density at radius 3 is 2.24 bits per heavy atom. The van der Waals surface area contributed by atoms with Crippen LogP contribution in [0.4, 0.5) is 11.5 Å². The molecule has 35 heteroatoms. The number of rotatable bonds is 36. The Labute approximate surface area is 513 Å². The third-order valence-corrected chi connectivity index (χ3v) is 19.7. The molecule has 30 nitrogen and oxygen atoms in total. The minimum atomic E-state index is -5.76. The van der Waals surface area contributed by atoms with Crippen LogP contribution in [0.5, 0.6) is 0 Å². The molecule has 3 aliphatic rings. The number of aromatic carboxylic acids is 1. The summed E-state index contributed by atoms with van der Waals surface area (Å²) in [6, 6.07) is 12.4. The molecule has 4 heterocycles. The average Bonchev–Trinajstić information content (AvgIpc) is 2.91. The number of nitrogens with one attached hydrogen (secondary N) is 3. The number of nitrogens with two attached hydrogens (primary N) is 1. The number of nitrogens with zero attached hydrogens (tertiary/aromatic N) is 5. The minimum Gasteiger partial charge on any atom is -0.478 e. The predicted octanol–water partition coefficient (Wildman–Crippen LogP) is 6.73. The first-order valence-electron chi connectivity index (χ1n) is 27.6. The smallest absolute Gasteiger partial charge is 0.478 e. The summed E-state index contributed by atoms with van der Waals surface area (Å²) in [6.07, 6.45) is 0.0922. The molecule has 0 radical (unpaired) electrons. The number of aromatic nitrogens is 4. The number of aryl methyl sites for hydroxylation is 2. The fraction of sp³-hybridized carbons (Fsp3) is 0.491. The number of anilines is 2. The van der Waals surface area contributed by atoms with Gasteiger partial charge < -0.3 is 79.2 Å². The van der Waals surface area contributed by atoms with E-state index >= 15 is 0 Å². The SMILES string of the molecule is CCN=c1cc2oc3cc(NCC)c(C)cc3c(-c3ccc(C(=O)NCCOCCOCCOCCOCCC(=O)NCC(C)(C)SSCO[C@@H]4C[C@H](n5cnc6c(N)ncnc65)O[C@@H]4COP(=O)(O)OP(=O)(O)OP(=O)(O)O)cc3C(=O)O)c-2cc1C. The van der Waals surface area contributed by atoms with Gasteiger partial charge in [0.1, 0.15) is 41.5 Å². The van der Waals surface area contributed by atoms with E-state index in [0.717, 1.165) is 33.1 Å². The first-order valence-corrected chi connectivity index (χ1v) is 34.4. The number of phosphoric ester groups is 1. The van der Waals surface area contributed by atoms with E-state index in [1.54, 1.807) is 12.1 Å².